The topological polar surface area (TPSA) is 42.0 Å². The molecular weight excluding hydrogens is 347 g/mol. The fourth-order valence-electron chi connectivity index (χ4n) is 4.22. The van der Waals surface area contributed by atoms with Crippen molar-refractivity contribution in [2.75, 3.05) is 44.3 Å². The Bertz CT molecular complexity index is 893. The van der Waals surface area contributed by atoms with Crippen LogP contribution in [0.25, 0.3) is 0 Å². The summed E-state index contributed by atoms with van der Waals surface area (Å²) in [4.78, 5) is 17.0. The van der Waals surface area contributed by atoms with Crippen LogP contribution in [0.4, 0.5) is 10.1 Å². The second-order valence-corrected chi connectivity index (χ2v) is 7.18. The van der Waals surface area contributed by atoms with Gasteiger partial charge in [-0.1, -0.05) is 18.2 Å². The minimum Gasteiger partial charge on any atom is -0.486 e. The fourth-order valence-corrected chi connectivity index (χ4v) is 4.22. The molecule has 1 atom stereocenters. The highest BCUT2D eigenvalue weighted by atomic mass is 19.1. The van der Waals surface area contributed by atoms with Crippen molar-refractivity contribution in [2.24, 2.45) is 0 Å². The minimum absolute atomic E-state index is 0.113. The maximum atomic E-state index is 13.7. The Hall–Kier alpha value is -2.76. The first kappa shape index (κ1) is 16.4. The van der Waals surface area contributed by atoms with Gasteiger partial charge in [0.15, 0.2) is 11.5 Å². The molecule has 0 aromatic heterocycles. The third kappa shape index (κ3) is 2.71. The van der Waals surface area contributed by atoms with Crippen LogP contribution in [0, 0.1) is 5.82 Å². The standard InChI is InChI=1S/C21H21FN2O3/c22-17-4-1-3-14-15(17)13-16(14)21(25)24-9-7-23(8-10-24)18-5-2-6-19-20(18)27-12-11-26-19/h1-6,16H,7-13H2. The number of carbonyl (C=O) groups excluding carboxylic acids is 1. The molecule has 0 saturated carbocycles. The zero-order valence-corrected chi connectivity index (χ0v) is 15.0. The summed E-state index contributed by atoms with van der Waals surface area (Å²) >= 11 is 0. The van der Waals surface area contributed by atoms with E-state index < -0.39 is 0 Å². The number of nitrogens with zero attached hydrogens (tertiary/aromatic N) is 2. The average molecular weight is 368 g/mol. The molecule has 1 aliphatic carbocycles. The number of hydrogen-bond acceptors (Lipinski definition) is 4. The molecule has 5 rings (SSSR count). The number of carbonyl (C=O) groups is 1. The molecule has 1 fully saturated rings. The van der Waals surface area contributed by atoms with Crippen LogP contribution in [0.5, 0.6) is 11.5 Å². The fraction of sp³-hybridized carbons (Fsp3) is 0.381. The highest BCUT2D eigenvalue weighted by molar-refractivity contribution is 5.87. The highest BCUT2D eigenvalue weighted by Crippen LogP contribution is 2.41. The van der Waals surface area contributed by atoms with Crippen LogP contribution < -0.4 is 14.4 Å². The zero-order valence-electron chi connectivity index (χ0n) is 15.0. The van der Waals surface area contributed by atoms with Crippen molar-refractivity contribution in [2.45, 2.75) is 12.3 Å². The number of hydrogen-bond donors (Lipinski definition) is 0. The Morgan fingerprint density at radius 1 is 1.00 bits per heavy atom. The van der Waals surface area contributed by atoms with Crippen LogP contribution in [-0.2, 0) is 11.2 Å². The first-order chi connectivity index (χ1) is 13.2. The number of rotatable bonds is 2. The van der Waals surface area contributed by atoms with Gasteiger partial charge >= 0.3 is 0 Å². The van der Waals surface area contributed by atoms with E-state index in [1.807, 2.05) is 29.2 Å². The number of amides is 1. The molecule has 1 amide bonds. The van der Waals surface area contributed by atoms with Crippen molar-refractivity contribution in [3.05, 3.63) is 53.3 Å². The molecule has 2 aliphatic heterocycles. The monoisotopic (exact) mass is 368 g/mol. The van der Waals surface area contributed by atoms with Crippen molar-refractivity contribution in [1.29, 1.82) is 0 Å². The number of para-hydroxylation sites is 1. The van der Waals surface area contributed by atoms with E-state index in [0.29, 0.717) is 38.3 Å². The summed E-state index contributed by atoms with van der Waals surface area (Å²) in [5, 5.41) is 0. The van der Waals surface area contributed by atoms with Crippen LogP contribution in [-0.4, -0.2) is 50.2 Å². The largest absolute Gasteiger partial charge is 0.486 e. The van der Waals surface area contributed by atoms with Gasteiger partial charge in [0.25, 0.3) is 0 Å². The Morgan fingerprint density at radius 2 is 1.78 bits per heavy atom. The summed E-state index contributed by atoms with van der Waals surface area (Å²) in [5.41, 5.74) is 2.57. The number of benzene rings is 2. The summed E-state index contributed by atoms with van der Waals surface area (Å²) in [6.07, 6.45) is 0.512. The molecular formula is C21H21FN2O3. The second kappa shape index (κ2) is 6.44. The van der Waals surface area contributed by atoms with E-state index in [0.717, 1.165) is 35.8 Å². The van der Waals surface area contributed by atoms with E-state index in [2.05, 4.69) is 4.90 Å². The Labute approximate surface area is 157 Å². The molecule has 2 aromatic carbocycles. The normalized spacial score (nSPS) is 20.7. The highest BCUT2D eigenvalue weighted by Gasteiger charge is 2.37. The first-order valence-corrected chi connectivity index (χ1v) is 9.42. The third-order valence-corrected chi connectivity index (χ3v) is 5.71. The van der Waals surface area contributed by atoms with Gasteiger partial charge in [-0.15, -0.1) is 0 Å². The summed E-state index contributed by atoms with van der Waals surface area (Å²) in [6.45, 7) is 3.93. The minimum atomic E-state index is -0.197. The van der Waals surface area contributed by atoms with Gasteiger partial charge in [-0.25, -0.2) is 4.39 Å². The van der Waals surface area contributed by atoms with Crippen LogP contribution in [0.1, 0.15) is 17.0 Å². The van der Waals surface area contributed by atoms with Gasteiger partial charge < -0.3 is 19.3 Å². The lowest BCUT2D eigenvalue weighted by Crippen LogP contribution is -2.51. The molecule has 3 aliphatic rings. The van der Waals surface area contributed by atoms with Crippen molar-refractivity contribution in [3.63, 3.8) is 0 Å². The van der Waals surface area contributed by atoms with Crippen molar-refractivity contribution < 1.29 is 18.7 Å². The summed E-state index contributed by atoms with van der Waals surface area (Å²) in [5.74, 6) is 1.31. The van der Waals surface area contributed by atoms with Gasteiger partial charge in [-0.3, -0.25) is 4.79 Å². The second-order valence-electron chi connectivity index (χ2n) is 7.18. The van der Waals surface area contributed by atoms with E-state index >= 15 is 0 Å². The number of halogens is 1. The Balaban J connectivity index is 1.27. The van der Waals surface area contributed by atoms with Crippen molar-refractivity contribution >= 4 is 11.6 Å². The summed E-state index contributed by atoms with van der Waals surface area (Å²) < 4.78 is 25.2. The van der Waals surface area contributed by atoms with Crippen LogP contribution in [0.2, 0.25) is 0 Å². The lowest BCUT2D eigenvalue weighted by Gasteiger charge is -2.40. The van der Waals surface area contributed by atoms with Gasteiger partial charge in [0.05, 0.1) is 11.6 Å². The quantitative estimate of drug-likeness (QED) is 0.817. The molecule has 5 nitrogen and oxygen atoms in total. The van der Waals surface area contributed by atoms with E-state index in [1.165, 1.54) is 6.07 Å². The Morgan fingerprint density at radius 3 is 2.63 bits per heavy atom. The average Bonchev–Trinajstić information content (AvgIpc) is 2.69. The van der Waals surface area contributed by atoms with Crippen LogP contribution in [0.3, 0.4) is 0 Å². The molecule has 2 heterocycles. The van der Waals surface area contributed by atoms with Gasteiger partial charge in [-0.05, 0) is 35.7 Å². The van der Waals surface area contributed by atoms with Crippen molar-refractivity contribution in [3.8, 4) is 11.5 Å². The summed E-state index contributed by atoms with van der Waals surface area (Å²) in [7, 11) is 0. The zero-order chi connectivity index (χ0) is 18.4. The number of piperazine rings is 1. The lowest BCUT2D eigenvalue weighted by molar-refractivity contribution is -0.133. The molecule has 1 unspecified atom stereocenters. The number of anilines is 1. The molecule has 0 radical (unpaired) electrons. The molecule has 6 heteroatoms. The SMILES string of the molecule is O=C(C1Cc2c(F)cccc21)N1CCN(c2cccc3c2OCCO3)CC1. The van der Waals surface area contributed by atoms with Crippen LogP contribution >= 0.6 is 0 Å². The smallest absolute Gasteiger partial charge is 0.230 e. The molecule has 2 aromatic rings. The number of ether oxygens (including phenoxy) is 2. The van der Waals surface area contributed by atoms with Crippen molar-refractivity contribution in [1.82, 2.24) is 4.90 Å². The van der Waals surface area contributed by atoms with Gasteiger partial charge in [0.1, 0.15) is 19.0 Å². The van der Waals surface area contributed by atoms with E-state index in [4.69, 9.17) is 9.47 Å². The Kier molecular flexibility index (Phi) is 3.92. The molecule has 140 valence electrons. The van der Waals surface area contributed by atoms with Crippen LogP contribution in [0.15, 0.2) is 36.4 Å². The molecule has 27 heavy (non-hydrogen) atoms. The molecule has 0 spiro atoms. The lowest BCUT2D eigenvalue weighted by atomic mass is 9.76. The molecule has 1 saturated heterocycles. The maximum Gasteiger partial charge on any atom is 0.230 e. The predicted octanol–water partition coefficient (Wildman–Crippen LogP) is 2.59. The summed E-state index contributed by atoms with van der Waals surface area (Å²) in [6, 6.07) is 11.0. The van der Waals surface area contributed by atoms with E-state index in [1.54, 1.807) is 6.07 Å². The maximum absolute atomic E-state index is 13.7. The molecule has 0 bridgehead atoms. The van der Waals surface area contributed by atoms with Gasteiger partial charge in [-0.2, -0.15) is 0 Å². The number of fused-ring (bicyclic) bond motifs is 2. The van der Waals surface area contributed by atoms with E-state index in [9.17, 15) is 9.18 Å². The third-order valence-electron chi connectivity index (χ3n) is 5.71. The van der Waals surface area contributed by atoms with E-state index in [-0.39, 0.29) is 17.6 Å². The predicted molar refractivity (Wildman–Crippen MR) is 99.1 cm³/mol. The van der Waals surface area contributed by atoms with Gasteiger partial charge in [0.2, 0.25) is 5.91 Å². The molecule has 0 N–H and O–H groups in total. The first-order valence-electron chi connectivity index (χ1n) is 9.42. The van der Waals surface area contributed by atoms with Gasteiger partial charge in [0, 0.05) is 26.2 Å².